The number of rotatable bonds is 17. The highest BCUT2D eigenvalue weighted by Crippen LogP contribution is 2.37. The van der Waals surface area contributed by atoms with Gasteiger partial charge in [-0.15, -0.1) is 0 Å². The molecule has 0 amide bonds. The van der Waals surface area contributed by atoms with Gasteiger partial charge in [0.2, 0.25) is 12.2 Å². The number of esters is 4. The molecule has 2 fully saturated rings. The van der Waals surface area contributed by atoms with E-state index < -0.39 is 95.0 Å². The zero-order chi connectivity index (χ0) is 44.1. The number of carbonyl (C=O) groups excluding carboxylic acids is 4. The summed E-state index contributed by atoms with van der Waals surface area (Å²) >= 11 is 17.8. The second-order valence-electron chi connectivity index (χ2n) is 13.8. The zero-order valence-corrected chi connectivity index (χ0v) is 35.8. The Morgan fingerprint density at radius 2 is 1.11 bits per heavy atom. The predicted molar refractivity (Wildman–Crippen MR) is 216 cm³/mol. The van der Waals surface area contributed by atoms with Crippen LogP contribution in [0.5, 0.6) is 0 Å². The Kier molecular flexibility index (Phi) is 17.7. The van der Waals surface area contributed by atoms with Crippen LogP contribution in [0.25, 0.3) is 0 Å². The summed E-state index contributed by atoms with van der Waals surface area (Å²) in [5.74, 6) is -4.28. The van der Waals surface area contributed by atoms with E-state index >= 15 is 0 Å². The van der Waals surface area contributed by atoms with Gasteiger partial charge in [0.1, 0.15) is 31.0 Å². The molecular weight excluding hydrogens is 865 g/mol. The summed E-state index contributed by atoms with van der Waals surface area (Å²) in [7, 11) is 1.23. The first kappa shape index (κ1) is 47.7. The van der Waals surface area contributed by atoms with Crippen molar-refractivity contribution in [3.05, 3.63) is 108 Å². The van der Waals surface area contributed by atoms with Gasteiger partial charge in [0.25, 0.3) is 3.79 Å². The summed E-state index contributed by atoms with van der Waals surface area (Å²) in [6.07, 6.45) is -15.1. The molecule has 0 aliphatic carbocycles. The van der Waals surface area contributed by atoms with Crippen LogP contribution in [0.1, 0.15) is 37.5 Å². The molecule has 61 heavy (non-hydrogen) atoms. The Hall–Kier alpha value is -4.36. The first-order valence-electron chi connectivity index (χ1n) is 19.0. The molecule has 1 N–H and O–H groups in total. The monoisotopic (exact) mass is 909 g/mol. The van der Waals surface area contributed by atoms with Crippen molar-refractivity contribution < 1.29 is 71.3 Å². The van der Waals surface area contributed by atoms with Crippen molar-refractivity contribution >= 4 is 64.6 Å². The highest BCUT2D eigenvalue weighted by Gasteiger charge is 2.58. The average molecular weight is 911 g/mol. The minimum Gasteiger partial charge on any atom is -0.459 e. The maximum absolute atomic E-state index is 14.2. The van der Waals surface area contributed by atoms with Crippen molar-refractivity contribution in [2.24, 2.45) is 0 Å². The molecule has 0 aromatic heterocycles. The van der Waals surface area contributed by atoms with Gasteiger partial charge in [-0.1, -0.05) is 126 Å². The number of benzene rings is 3. The quantitative estimate of drug-likeness (QED) is 0.0583. The fourth-order valence-electron chi connectivity index (χ4n) is 6.57. The molecular formula is C42H46Cl3NO15. The molecule has 330 valence electrons. The fraction of sp³-hybridized carbons (Fsp3) is 0.452. The van der Waals surface area contributed by atoms with Gasteiger partial charge in [-0.3, -0.25) is 19.8 Å². The second-order valence-corrected chi connectivity index (χ2v) is 16.1. The number of alkyl halides is 3. The number of hydrogen-bond acceptors (Lipinski definition) is 16. The van der Waals surface area contributed by atoms with Crippen molar-refractivity contribution in [2.75, 3.05) is 13.7 Å². The highest BCUT2D eigenvalue weighted by molar-refractivity contribution is 6.76. The summed E-state index contributed by atoms with van der Waals surface area (Å²) in [5, 5.41) is 8.26. The van der Waals surface area contributed by atoms with Crippen LogP contribution < -0.4 is 0 Å². The molecule has 0 bridgehead atoms. The lowest BCUT2D eigenvalue weighted by atomic mass is 9.95. The standard InChI is InChI=1S/C42H46Cl3NO15/c1-24(47)55-31-30(23-52-20-27-14-8-5-9-15-27)58-39(36(33(31)56-25(2)48)53-21-28-16-10-6-11-17-28)59-34-32(51-4)37(57-26(3)49)40(61-41(46)42(43,44)45)60-35(34)38(50)54-22-29-18-12-7-13-19-29/h5-19,30-37,39-40,46H,20-23H2,1-4H3/t30?,31-,32+,33+,34?,35+,36-,37-,39-,40?/m1/s1. The van der Waals surface area contributed by atoms with Gasteiger partial charge in [0.15, 0.2) is 30.7 Å². The van der Waals surface area contributed by atoms with Crippen molar-refractivity contribution in [1.82, 2.24) is 0 Å². The van der Waals surface area contributed by atoms with Gasteiger partial charge in [0.05, 0.1) is 19.8 Å². The molecule has 0 spiro atoms. The minimum absolute atomic E-state index is 0.0863. The Morgan fingerprint density at radius 3 is 1.64 bits per heavy atom. The third kappa shape index (κ3) is 13.8. The highest BCUT2D eigenvalue weighted by atomic mass is 35.6. The van der Waals surface area contributed by atoms with Crippen LogP contribution in [-0.4, -0.2) is 109 Å². The van der Waals surface area contributed by atoms with E-state index in [1.807, 2.05) is 36.4 Å². The maximum Gasteiger partial charge on any atom is 0.338 e. The molecule has 16 nitrogen and oxygen atoms in total. The number of hydrogen-bond donors (Lipinski definition) is 1. The smallest absolute Gasteiger partial charge is 0.338 e. The Morgan fingerprint density at radius 1 is 0.607 bits per heavy atom. The molecule has 2 aliphatic heterocycles. The summed E-state index contributed by atoms with van der Waals surface area (Å²) in [5.41, 5.74) is 2.15. The summed E-state index contributed by atoms with van der Waals surface area (Å²) < 4.78 is 63.6. The van der Waals surface area contributed by atoms with Crippen LogP contribution >= 0.6 is 34.8 Å². The largest absolute Gasteiger partial charge is 0.459 e. The molecule has 3 aromatic carbocycles. The first-order valence-corrected chi connectivity index (χ1v) is 20.1. The van der Waals surface area contributed by atoms with Crippen LogP contribution in [0.15, 0.2) is 91.0 Å². The number of carbonyl (C=O) groups is 4. The lowest BCUT2D eigenvalue weighted by molar-refractivity contribution is -0.358. The van der Waals surface area contributed by atoms with E-state index in [9.17, 15) is 19.2 Å². The van der Waals surface area contributed by atoms with Gasteiger partial charge in [-0.2, -0.15) is 0 Å². The Bertz CT molecular complexity index is 1910. The van der Waals surface area contributed by atoms with Gasteiger partial charge < -0.3 is 52.1 Å². The molecule has 0 saturated carbocycles. The number of nitrogens with one attached hydrogen (secondary N) is 1. The van der Waals surface area contributed by atoms with Crippen molar-refractivity contribution in [1.29, 1.82) is 5.41 Å². The Labute approximate surface area is 367 Å². The number of methoxy groups -OCH3 is 1. The van der Waals surface area contributed by atoms with E-state index in [1.54, 1.807) is 54.6 Å². The molecule has 2 saturated heterocycles. The topological polar surface area (TPSA) is 194 Å². The van der Waals surface area contributed by atoms with Gasteiger partial charge in [-0.05, 0) is 16.7 Å². The van der Waals surface area contributed by atoms with E-state index in [0.717, 1.165) is 12.5 Å². The van der Waals surface area contributed by atoms with Crippen molar-refractivity contribution in [2.45, 2.75) is 106 Å². The molecule has 2 heterocycles. The normalized spacial score (nSPS) is 26.3. The van der Waals surface area contributed by atoms with Crippen molar-refractivity contribution in [3.8, 4) is 0 Å². The predicted octanol–water partition coefficient (Wildman–Crippen LogP) is 5.54. The van der Waals surface area contributed by atoms with E-state index in [0.29, 0.717) is 11.1 Å². The van der Waals surface area contributed by atoms with Gasteiger partial charge in [-0.25, -0.2) is 4.79 Å². The fourth-order valence-corrected chi connectivity index (χ4v) is 6.70. The maximum atomic E-state index is 14.2. The lowest BCUT2D eigenvalue weighted by Crippen LogP contribution is -2.67. The van der Waals surface area contributed by atoms with Crippen LogP contribution in [0.3, 0.4) is 0 Å². The van der Waals surface area contributed by atoms with Gasteiger partial charge in [0, 0.05) is 27.9 Å². The minimum atomic E-state index is -2.40. The van der Waals surface area contributed by atoms with Crippen LogP contribution in [0.4, 0.5) is 0 Å². The average Bonchev–Trinajstić information content (AvgIpc) is 3.22. The third-order valence-corrected chi connectivity index (χ3v) is 9.70. The molecule has 3 aromatic rings. The number of ether oxygens (including phenoxy) is 11. The zero-order valence-electron chi connectivity index (χ0n) is 33.5. The third-order valence-electron chi connectivity index (χ3n) is 9.18. The summed E-state index contributed by atoms with van der Waals surface area (Å²) in [6, 6.07) is 26.9. The van der Waals surface area contributed by atoms with E-state index in [1.165, 1.54) is 21.0 Å². The van der Waals surface area contributed by atoms with E-state index in [4.69, 9.17) is 92.3 Å². The molecule has 2 aliphatic rings. The Balaban J connectivity index is 1.57. The molecule has 19 heteroatoms. The van der Waals surface area contributed by atoms with Crippen LogP contribution in [0, 0.1) is 5.41 Å². The van der Waals surface area contributed by atoms with Crippen LogP contribution in [-0.2, 0) is 91.1 Å². The SMILES string of the molecule is CO[C@H]1C(O[C@H]2OC(COCc3ccccc3)[C@@H](OC(C)=O)[C@H](OC(C)=O)[C@H]2OCc2ccccc2)[C@@H](C(=O)OCc2ccccc2)OC(OC(=N)C(Cl)(Cl)Cl)[C@@H]1OC(C)=O. The molecule has 5 rings (SSSR count). The van der Waals surface area contributed by atoms with E-state index in [2.05, 4.69) is 0 Å². The summed E-state index contributed by atoms with van der Waals surface area (Å²) in [4.78, 5) is 52.1. The van der Waals surface area contributed by atoms with Crippen LogP contribution in [0.2, 0.25) is 0 Å². The van der Waals surface area contributed by atoms with E-state index in [-0.39, 0.29) is 26.4 Å². The second kappa shape index (κ2) is 22.6. The summed E-state index contributed by atoms with van der Waals surface area (Å²) in [6.45, 7) is 3.04. The van der Waals surface area contributed by atoms with Gasteiger partial charge >= 0.3 is 23.9 Å². The molecule has 10 atom stereocenters. The molecule has 3 unspecified atom stereocenters. The first-order chi connectivity index (χ1) is 29.1. The lowest BCUT2D eigenvalue weighted by Gasteiger charge is -2.48. The molecule has 0 radical (unpaired) electrons. The number of halogens is 3. The van der Waals surface area contributed by atoms with Crippen molar-refractivity contribution in [3.63, 3.8) is 0 Å².